The molecule has 50 heavy (non-hydrogen) atoms. The number of benzene rings is 5. The van der Waals surface area contributed by atoms with Crippen LogP contribution >= 0.6 is 0 Å². The summed E-state index contributed by atoms with van der Waals surface area (Å²) in [7, 11) is 0. The van der Waals surface area contributed by atoms with Gasteiger partial charge in [-0.15, -0.1) is 0 Å². The van der Waals surface area contributed by atoms with E-state index in [0.29, 0.717) is 0 Å². The van der Waals surface area contributed by atoms with E-state index >= 15 is 0 Å². The van der Waals surface area contributed by atoms with Crippen molar-refractivity contribution in [1.29, 1.82) is 0 Å². The third kappa shape index (κ3) is 3.93. The minimum absolute atomic E-state index is 0.336. The summed E-state index contributed by atoms with van der Waals surface area (Å²) in [5.41, 5.74) is 13.2. The average molecular weight is 645 g/mol. The van der Waals surface area contributed by atoms with Crippen LogP contribution in [0.25, 0.3) is 50.0 Å². The van der Waals surface area contributed by atoms with E-state index in [-0.39, 0.29) is 10.8 Å². The van der Waals surface area contributed by atoms with Gasteiger partial charge in [0.25, 0.3) is 0 Å². The van der Waals surface area contributed by atoms with Crippen LogP contribution in [-0.2, 0) is 10.8 Å². The third-order valence-electron chi connectivity index (χ3n) is 11.2. The van der Waals surface area contributed by atoms with E-state index in [2.05, 4.69) is 183 Å². The van der Waals surface area contributed by atoms with Gasteiger partial charge in [0.2, 0.25) is 0 Å². The van der Waals surface area contributed by atoms with Crippen LogP contribution in [0, 0.1) is 0 Å². The Hall–Kier alpha value is -6.00. The Kier molecular flexibility index (Phi) is 5.94. The first kappa shape index (κ1) is 29.0. The summed E-state index contributed by atoms with van der Waals surface area (Å²) in [6.45, 7) is 9.42. The molecule has 240 valence electrons. The molecule has 2 aliphatic rings. The Morgan fingerprint density at radius 1 is 0.440 bits per heavy atom. The molecular weight excluding hydrogens is 609 g/mol. The number of aromatic nitrogens is 3. The normalized spacial score (nSPS) is 15.1. The quantitative estimate of drug-likeness (QED) is 0.192. The van der Waals surface area contributed by atoms with E-state index in [1.165, 1.54) is 55.4 Å². The first-order valence-corrected chi connectivity index (χ1v) is 17.4. The molecule has 10 rings (SSSR count). The number of hydrogen-bond acceptors (Lipinski definition) is 3. The van der Waals surface area contributed by atoms with E-state index < -0.39 is 0 Å². The molecule has 4 nitrogen and oxygen atoms in total. The number of fused-ring (bicyclic) bond motifs is 7. The van der Waals surface area contributed by atoms with Gasteiger partial charge in [-0.1, -0.05) is 137 Å². The Balaban J connectivity index is 1.30. The Bertz CT molecular complexity index is 2470. The van der Waals surface area contributed by atoms with E-state index in [4.69, 9.17) is 9.97 Å². The summed E-state index contributed by atoms with van der Waals surface area (Å²) in [4.78, 5) is 13.4. The van der Waals surface area contributed by atoms with E-state index in [1.54, 1.807) is 0 Å². The maximum atomic E-state index is 5.49. The number of anilines is 3. The van der Waals surface area contributed by atoms with Gasteiger partial charge in [-0.05, 0) is 47.5 Å². The van der Waals surface area contributed by atoms with Gasteiger partial charge in [0.05, 0.1) is 28.1 Å². The minimum Gasteiger partial charge on any atom is -0.309 e. The van der Waals surface area contributed by atoms with Gasteiger partial charge >= 0.3 is 0 Å². The zero-order chi connectivity index (χ0) is 33.8. The number of rotatable bonds is 3. The highest BCUT2D eigenvalue weighted by atomic mass is 15.3. The zero-order valence-corrected chi connectivity index (χ0v) is 28.6. The zero-order valence-electron chi connectivity index (χ0n) is 28.6. The summed E-state index contributed by atoms with van der Waals surface area (Å²) in [6, 6.07) is 52.3. The smallest absolute Gasteiger partial charge is 0.143 e. The van der Waals surface area contributed by atoms with Gasteiger partial charge in [-0.25, -0.2) is 9.97 Å². The second-order valence-electron chi connectivity index (χ2n) is 14.7. The molecule has 0 spiro atoms. The van der Waals surface area contributed by atoms with Gasteiger partial charge < -0.3 is 4.57 Å². The van der Waals surface area contributed by atoms with E-state index in [1.807, 2.05) is 0 Å². The fourth-order valence-corrected chi connectivity index (χ4v) is 8.50. The first-order chi connectivity index (χ1) is 24.3. The summed E-state index contributed by atoms with van der Waals surface area (Å²) in [5, 5.41) is 2.53. The van der Waals surface area contributed by atoms with Crippen molar-refractivity contribution >= 4 is 39.1 Å². The molecule has 4 heteroatoms. The number of nitrogens with zero attached hydrogens (tertiary/aromatic N) is 4. The average Bonchev–Trinajstić information content (AvgIpc) is 3.49. The van der Waals surface area contributed by atoms with Crippen LogP contribution in [0.15, 0.2) is 146 Å². The molecule has 0 saturated carbocycles. The maximum Gasteiger partial charge on any atom is 0.143 e. The summed E-state index contributed by atoms with van der Waals surface area (Å²) in [6.07, 6.45) is 0. The molecule has 0 atom stereocenters. The van der Waals surface area contributed by atoms with Gasteiger partial charge in [-0.2, -0.15) is 0 Å². The lowest BCUT2D eigenvalue weighted by Crippen LogP contribution is -2.39. The highest BCUT2D eigenvalue weighted by Crippen LogP contribution is 2.60. The van der Waals surface area contributed by atoms with Crippen LogP contribution in [0.3, 0.4) is 0 Å². The molecule has 0 saturated heterocycles. The minimum atomic E-state index is -0.336. The fourth-order valence-electron chi connectivity index (χ4n) is 8.50. The summed E-state index contributed by atoms with van der Waals surface area (Å²) in [5.74, 6) is 1.90. The lowest BCUT2D eigenvalue weighted by molar-refractivity contribution is 0.590. The van der Waals surface area contributed by atoms with Crippen LogP contribution < -0.4 is 4.90 Å². The molecule has 3 aromatic heterocycles. The second-order valence-corrected chi connectivity index (χ2v) is 14.7. The van der Waals surface area contributed by atoms with Gasteiger partial charge in [-0.3, -0.25) is 4.90 Å². The molecule has 0 aliphatic carbocycles. The topological polar surface area (TPSA) is 34.0 Å². The SMILES string of the molecule is CC1(C)c2ccc(-c3ccccc3)nc2N2c3nc(-c4ccccc4)ccc3C(C)(C)c3cc(-n4c5ccccc5c5ccccc54)cc1c32. The molecular formula is C46H36N4. The molecule has 5 aromatic carbocycles. The highest BCUT2D eigenvalue weighted by Gasteiger charge is 2.47. The monoisotopic (exact) mass is 644 g/mol. The van der Waals surface area contributed by atoms with Crippen molar-refractivity contribution in [3.63, 3.8) is 0 Å². The van der Waals surface area contributed by atoms with Crippen molar-refractivity contribution in [1.82, 2.24) is 14.5 Å². The summed E-state index contributed by atoms with van der Waals surface area (Å²) >= 11 is 0. The van der Waals surface area contributed by atoms with Crippen LogP contribution in [0.4, 0.5) is 17.3 Å². The molecule has 0 radical (unpaired) electrons. The van der Waals surface area contributed by atoms with Crippen LogP contribution in [-0.4, -0.2) is 14.5 Å². The maximum absolute atomic E-state index is 5.49. The lowest BCUT2D eigenvalue weighted by Gasteiger charge is -2.48. The fraction of sp³-hybridized carbons (Fsp3) is 0.130. The molecule has 0 amide bonds. The number of hydrogen-bond donors (Lipinski definition) is 0. The Morgan fingerprint density at radius 2 is 0.860 bits per heavy atom. The van der Waals surface area contributed by atoms with Crippen molar-refractivity contribution in [2.45, 2.75) is 38.5 Å². The molecule has 2 aliphatic heterocycles. The van der Waals surface area contributed by atoms with Gasteiger partial charge in [0.15, 0.2) is 0 Å². The molecule has 0 bridgehead atoms. The van der Waals surface area contributed by atoms with E-state index in [9.17, 15) is 0 Å². The molecule has 0 fully saturated rings. The predicted octanol–water partition coefficient (Wildman–Crippen LogP) is 11.7. The molecule has 8 aromatic rings. The third-order valence-corrected chi connectivity index (χ3v) is 11.2. The van der Waals surface area contributed by atoms with Crippen molar-refractivity contribution < 1.29 is 0 Å². The van der Waals surface area contributed by atoms with Crippen molar-refractivity contribution in [3.05, 3.63) is 168 Å². The van der Waals surface area contributed by atoms with Crippen molar-refractivity contribution in [2.24, 2.45) is 0 Å². The van der Waals surface area contributed by atoms with Crippen LogP contribution in [0.2, 0.25) is 0 Å². The van der Waals surface area contributed by atoms with Crippen LogP contribution in [0.1, 0.15) is 49.9 Å². The largest absolute Gasteiger partial charge is 0.309 e. The standard InChI is InChI=1S/C46H36N4/c1-45(2)34-23-25-38(29-15-7-5-8-16-29)47-43(34)50-42-36(45)27-31(49-40-21-13-11-19-32(40)33-20-12-14-22-41(33)49)28-37(42)46(3,4)35-24-26-39(48-44(35)50)30-17-9-6-10-18-30/h5-28H,1-4H3. The molecule has 0 unspecified atom stereocenters. The van der Waals surface area contributed by atoms with Crippen molar-refractivity contribution in [3.8, 4) is 28.2 Å². The summed E-state index contributed by atoms with van der Waals surface area (Å²) < 4.78 is 2.45. The van der Waals surface area contributed by atoms with Crippen LogP contribution in [0.5, 0.6) is 0 Å². The Labute approximate surface area is 292 Å². The van der Waals surface area contributed by atoms with Crippen molar-refractivity contribution in [2.75, 3.05) is 4.90 Å². The van der Waals surface area contributed by atoms with Gasteiger partial charge in [0, 0.05) is 49.5 Å². The number of para-hydroxylation sites is 2. The predicted molar refractivity (Wildman–Crippen MR) is 206 cm³/mol. The molecule has 5 heterocycles. The highest BCUT2D eigenvalue weighted by molar-refractivity contribution is 6.09. The number of pyridine rings is 2. The second kappa shape index (κ2) is 10.3. The lowest BCUT2D eigenvalue weighted by atomic mass is 9.67. The van der Waals surface area contributed by atoms with Gasteiger partial charge in [0.1, 0.15) is 11.6 Å². The Morgan fingerprint density at radius 3 is 1.32 bits per heavy atom. The first-order valence-electron chi connectivity index (χ1n) is 17.4. The molecule has 0 N–H and O–H groups in total. The van der Waals surface area contributed by atoms with E-state index in [0.717, 1.165) is 34.2 Å².